The second kappa shape index (κ2) is 6.04. The summed E-state index contributed by atoms with van der Waals surface area (Å²) in [5.41, 5.74) is 6.82. The molecule has 1 atom stereocenters. The first-order chi connectivity index (χ1) is 9.44. The largest absolute Gasteiger partial charge is 0.326 e. The van der Waals surface area contributed by atoms with Crippen molar-refractivity contribution in [1.29, 1.82) is 0 Å². The standard InChI is InChI=1S/C12H15BrN4O2S/c1-8(9-2-4-11(13)5-3-9)17-20(18,19)12-10(6-14)7-15-16-12/h2-5,7-8,17H,6,14H2,1H3,(H,15,16). The van der Waals surface area contributed by atoms with Crippen LogP contribution in [-0.2, 0) is 16.6 Å². The quantitative estimate of drug-likeness (QED) is 0.756. The van der Waals surface area contributed by atoms with Gasteiger partial charge in [0.05, 0.1) is 6.20 Å². The van der Waals surface area contributed by atoms with E-state index in [1.165, 1.54) is 6.20 Å². The summed E-state index contributed by atoms with van der Waals surface area (Å²) in [5.74, 6) is 0. The summed E-state index contributed by atoms with van der Waals surface area (Å²) >= 11 is 3.34. The maximum atomic E-state index is 12.3. The topological polar surface area (TPSA) is 101 Å². The molecule has 4 N–H and O–H groups in total. The molecule has 2 rings (SSSR count). The lowest BCUT2D eigenvalue weighted by Crippen LogP contribution is -2.28. The van der Waals surface area contributed by atoms with Crippen molar-refractivity contribution in [2.45, 2.75) is 24.5 Å². The molecule has 0 radical (unpaired) electrons. The zero-order valence-corrected chi connectivity index (χ0v) is 13.2. The molecule has 0 saturated carbocycles. The van der Waals surface area contributed by atoms with E-state index in [9.17, 15) is 8.42 Å². The first kappa shape index (κ1) is 15.2. The lowest BCUT2D eigenvalue weighted by molar-refractivity contribution is 0.561. The van der Waals surface area contributed by atoms with E-state index in [1.54, 1.807) is 6.92 Å². The minimum absolute atomic E-state index is 0.0176. The Morgan fingerprint density at radius 2 is 2.05 bits per heavy atom. The number of H-pyrrole nitrogens is 1. The number of halogens is 1. The highest BCUT2D eigenvalue weighted by Gasteiger charge is 2.22. The van der Waals surface area contributed by atoms with Crippen molar-refractivity contribution in [1.82, 2.24) is 14.9 Å². The molecule has 1 unspecified atom stereocenters. The Kier molecular flexibility index (Phi) is 4.59. The van der Waals surface area contributed by atoms with Gasteiger partial charge in [-0.15, -0.1) is 0 Å². The molecule has 2 aromatic rings. The Bertz CT molecular complexity index is 682. The third-order valence-corrected chi connectivity index (χ3v) is 4.95. The van der Waals surface area contributed by atoms with Gasteiger partial charge in [-0.1, -0.05) is 28.1 Å². The summed E-state index contributed by atoms with van der Waals surface area (Å²) in [6.07, 6.45) is 1.42. The Labute approximate surface area is 125 Å². The van der Waals surface area contributed by atoms with E-state index in [2.05, 4.69) is 30.8 Å². The van der Waals surface area contributed by atoms with Gasteiger partial charge in [-0.3, -0.25) is 5.10 Å². The molecule has 0 aliphatic rings. The number of nitrogens with zero attached hydrogens (tertiary/aromatic N) is 1. The molecule has 20 heavy (non-hydrogen) atoms. The lowest BCUT2D eigenvalue weighted by Gasteiger charge is -2.14. The second-order valence-corrected chi connectivity index (χ2v) is 6.89. The average molecular weight is 359 g/mol. The van der Waals surface area contributed by atoms with Gasteiger partial charge >= 0.3 is 0 Å². The monoisotopic (exact) mass is 358 g/mol. The summed E-state index contributed by atoms with van der Waals surface area (Å²) in [6, 6.07) is 7.08. The van der Waals surface area contributed by atoms with Crippen molar-refractivity contribution < 1.29 is 8.42 Å². The predicted molar refractivity (Wildman–Crippen MR) is 79.4 cm³/mol. The number of nitrogens with one attached hydrogen (secondary N) is 2. The molecule has 1 heterocycles. The number of benzene rings is 1. The molecule has 108 valence electrons. The fourth-order valence-corrected chi connectivity index (χ4v) is 3.43. The molecule has 6 nitrogen and oxygen atoms in total. The smallest absolute Gasteiger partial charge is 0.258 e. The van der Waals surface area contributed by atoms with Crippen LogP contribution >= 0.6 is 15.9 Å². The molecule has 0 spiro atoms. The normalized spacial score (nSPS) is 13.3. The third kappa shape index (κ3) is 3.26. The summed E-state index contributed by atoms with van der Waals surface area (Å²) < 4.78 is 28.1. The van der Waals surface area contributed by atoms with E-state index in [0.717, 1.165) is 10.0 Å². The van der Waals surface area contributed by atoms with E-state index in [1.807, 2.05) is 24.3 Å². The summed E-state index contributed by atoms with van der Waals surface area (Å²) in [7, 11) is -3.68. The number of hydrogen-bond acceptors (Lipinski definition) is 4. The van der Waals surface area contributed by atoms with Crippen molar-refractivity contribution in [3.63, 3.8) is 0 Å². The lowest BCUT2D eigenvalue weighted by atomic mass is 10.1. The Morgan fingerprint density at radius 3 is 2.65 bits per heavy atom. The van der Waals surface area contributed by atoms with Gasteiger partial charge in [0.25, 0.3) is 10.0 Å². The molecule has 0 aliphatic carbocycles. The second-order valence-electron chi connectivity index (χ2n) is 4.32. The van der Waals surface area contributed by atoms with Gasteiger partial charge < -0.3 is 5.73 Å². The maximum Gasteiger partial charge on any atom is 0.258 e. The first-order valence-corrected chi connectivity index (χ1v) is 8.22. The van der Waals surface area contributed by atoms with Crippen LogP contribution in [0.15, 0.2) is 40.0 Å². The van der Waals surface area contributed by atoms with Crippen LogP contribution in [0.25, 0.3) is 0 Å². The van der Waals surface area contributed by atoms with Crippen LogP contribution < -0.4 is 10.5 Å². The minimum atomic E-state index is -3.68. The number of aromatic nitrogens is 2. The van der Waals surface area contributed by atoms with Crippen molar-refractivity contribution in [3.8, 4) is 0 Å². The molecular formula is C12H15BrN4O2S. The van der Waals surface area contributed by atoms with Crippen molar-refractivity contribution in [2.75, 3.05) is 0 Å². The summed E-state index contributed by atoms with van der Waals surface area (Å²) in [4.78, 5) is 0. The fourth-order valence-electron chi connectivity index (χ4n) is 1.79. The molecule has 0 amide bonds. The Morgan fingerprint density at radius 1 is 1.40 bits per heavy atom. The van der Waals surface area contributed by atoms with Gasteiger partial charge in [0, 0.05) is 22.6 Å². The SMILES string of the molecule is CC(NS(=O)(=O)c1[nH]ncc1CN)c1ccc(Br)cc1. The molecule has 0 aliphatic heterocycles. The number of rotatable bonds is 5. The predicted octanol–water partition coefficient (Wildman–Crippen LogP) is 1.67. The zero-order chi connectivity index (χ0) is 14.8. The van der Waals surface area contributed by atoms with Gasteiger partial charge in [-0.25, -0.2) is 13.1 Å². The highest BCUT2D eigenvalue weighted by molar-refractivity contribution is 9.10. The van der Waals surface area contributed by atoms with Crippen molar-refractivity contribution in [3.05, 3.63) is 46.1 Å². The number of nitrogens with two attached hydrogens (primary N) is 1. The molecule has 0 fully saturated rings. The highest BCUT2D eigenvalue weighted by atomic mass is 79.9. The van der Waals surface area contributed by atoms with Crippen molar-refractivity contribution in [2.24, 2.45) is 5.73 Å². The van der Waals surface area contributed by atoms with Crippen LogP contribution in [0, 0.1) is 0 Å². The van der Waals surface area contributed by atoms with E-state index in [0.29, 0.717) is 5.56 Å². The summed E-state index contributed by atoms with van der Waals surface area (Å²) in [6.45, 7) is 1.89. The summed E-state index contributed by atoms with van der Waals surface area (Å²) in [5, 5.41) is 6.21. The van der Waals surface area contributed by atoms with E-state index in [4.69, 9.17) is 5.73 Å². The van der Waals surface area contributed by atoms with Crippen LogP contribution in [-0.4, -0.2) is 18.6 Å². The zero-order valence-electron chi connectivity index (χ0n) is 10.8. The average Bonchev–Trinajstić information content (AvgIpc) is 2.88. The van der Waals surface area contributed by atoms with Gasteiger partial charge in [-0.2, -0.15) is 5.10 Å². The van der Waals surface area contributed by atoms with E-state index >= 15 is 0 Å². The molecule has 1 aromatic heterocycles. The van der Waals surface area contributed by atoms with Gasteiger partial charge in [0.1, 0.15) is 0 Å². The van der Waals surface area contributed by atoms with Gasteiger partial charge in [0.15, 0.2) is 5.03 Å². The third-order valence-electron chi connectivity index (χ3n) is 2.87. The molecule has 1 aromatic carbocycles. The molecule has 0 bridgehead atoms. The van der Waals surface area contributed by atoms with Gasteiger partial charge in [-0.05, 0) is 24.6 Å². The minimum Gasteiger partial charge on any atom is -0.326 e. The molecular weight excluding hydrogens is 344 g/mol. The van der Waals surface area contributed by atoms with Crippen LogP contribution in [0.1, 0.15) is 24.1 Å². The Hall–Kier alpha value is -1.22. The van der Waals surface area contributed by atoms with E-state index in [-0.39, 0.29) is 17.6 Å². The molecule has 8 heteroatoms. The Balaban J connectivity index is 2.22. The van der Waals surface area contributed by atoms with Gasteiger partial charge in [0.2, 0.25) is 0 Å². The number of hydrogen-bond donors (Lipinski definition) is 3. The first-order valence-electron chi connectivity index (χ1n) is 5.94. The molecule has 0 saturated heterocycles. The van der Waals surface area contributed by atoms with Crippen LogP contribution in [0.4, 0.5) is 0 Å². The number of sulfonamides is 1. The highest BCUT2D eigenvalue weighted by Crippen LogP contribution is 2.19. The van der Waals surface area contributed by atoms with Crippen LogP contribution in [0.5, 0.6) is 0 Å². The fraction of sp³-hybridized carbons (Fsp3) is 0.250. The van der Waals surface area contributed by atoms with Crippen molar-refractivity contribution >= 4 is 26.0 Å². The number of aromatic amines is 1. The van der Waals surface area contributed by atoms with Crippen LogP contribution in [0.2, 0.25) is 0 Å². The maximum absolute atomic E-state index is 12.3. The van der Waals surface area contributed by atoms with E-state index < -0.39 is 10.0 Å². The van der Waals surface area contributed by atoms with Crippen LogP contribution in [0.3, 0.4) is 0 Å².